The normalized spacial score (nSPS) is 57.6. The molecular weight excluding hydrogens is 277 g/mol. The van der Waals surface area contributed by atoms with Crippen LogP contribution in [0.2, 0.25) is 0 Å². The molecule has 2 unspecified atom stereocenters. The molecule has 0 aromatic heterocycles. The lowest BCUT2D eigenvalue weighted by molar-refractivity contribution is -0.0861. The van der Waals surface area contributed by atoms with Crippen LogP contribution in [-0.4, -0.2) is 17.0 Å². The van der Waals surface area contributed by atoms with Crippen molar-refractivity contribution in [2.24, 2.45) is 34.3 Å². The Morgan fingerprint density at radius 2 is 1.86 bits per heavy atom. The highest BCUT2D eigenvalue weighted by Gasteiger charge is 2.63. The van der Waals surface area contributed by atoms with Crippen LogP contribution in [0, 0.1) is 28.6 Å². The van der Waals surface area contributed by atoms with Crippen molar-refractivity contribution < 1.29 is 9.50 Å². The lowest BCUT2D eigenvalue weighted by Crippen LogP contribution is -2.56. The number of rotatable bonds is 0. The highest BCUT2D eigenvalue weighted by molar-refractivity contribution is 5.25. The van der Waals surface area contributed by atoms with Crippen molar-refractivity contribution in [1.82, 2.24) is 0 Å². The number of fused-ring (bicyclic) bond motifs is 5. The van der Waals surface area contributed by atoms with Gasteiger partial charge in [0.25, 0.3) is 0 Å². The van der Waals surface area contributed by atoms with Crippen molar-refractivity contribution in [3.05, 3.63) is 11.6 Å². The standard InChI is InChI=1S/C19H30FNO/c1-17-8-5-13(22)11-12(17)3-4-14-15(17)6-9-18(2)16(14)7-10-19(18,20)21/h3,13-16,22H,4-11,21H2,1-2H3/t13?,14-,15-,16+,17+,18+,19?/m1/s1. The SMILES string of the molecule is C[C@]12CCC(O)CC1=CC[C@@H]1[C@H]2CC[C@@]2(C)[C@H]1CCC2(N)F. The third-order valence-electron chi connectivity index (χ3n) is 8.24. The molecule has 4 aliphatic carbocycles. The molecule has 0 aliphatic heterocycles. The van der Waals surface area contributed by atoms with Crippen LogP contribution in [0.4, 0.5) is 4.39 Å². The highest BCUT2D eigenvalue weighted by atomic mass is 19.1. The fourth-order valence-electron chi connectivity index (χ4n) is 6.66. The minimum absolute atomic E-state index is 0.154. The molecule has 0 heterocycles. The van der Waals surface area contributed by atoms with E-state index in [-0.39, 0.29) is 16.9 Å². The van der Waals surface area contributed by atoms with E-state index in [2.05, 4.69) is 19.9 Å². The smallest absolute Gasteiger partial charge is 0.164 e. The summed E-state index contributed by atoms with van der Waals surface area (Å²) >= 11 is 0. The first kappa shape index (κ1) is 15.1. The fraction of sp³-hybridized carbons (Fsp3) is 0.895. The van der Waals surface area contributed by atoms with Crippen LogP contribution in [0.15, 0.2) is 11.6 Å². The predicted octanol–water partition coefficient (Wildman–Crippen LogP) is 3.93. The average molecular weight is 307 g/mol. The summed E-state index contributed by atoms with van der Waals surface area (Å²) < 4.78 is 14.9. The van der Waals surface area contributed by atoms with Crippen molar-refractivity contribution in [3.8, 4) is 0 Å². The van der Waals surface area contributed by atoms with E-state index in [1.165, 1.54) is 5.57 Å². The van der Waals surface area contributed by atoms with Gasteiger partial charge in [-0.15, -0.1) is 0 Å². The van der Waals surface area contributed by atoms with Crippen molar-refractivity contribution >= 4 is 0 Å². The first-order valence-electron chi connectivity index (χ1n) is 9.13. The van der Waals surface area contributed by atoms with Gasteiger partial charge in [-0.3, -0.25) is 5.73 Å². The maximum Gasteiger partial charge on any atom is 0.164 e. The molecule has 3 heteroatoms. The van der Waals surface area contributed by atoms with Gasteiger partial charge < -0.3 is 5.11 Å². The Hall–Kier alpha value is -0.410. The van der Waals surface area contributed by atoms with E-state index in [1.54, 1.807) is 0 Å². The van der Waals surface area contributed by atoms with Crippen LogP contribution < -0.4 is 5.73 Å². The third kappa shape index (κ3) is 1.78. The van der Waals surface area contributed by atoms with Crippen LogP contribution in [0.3, 0.4) is 0 Å². The zero-order chi connectivity index (χ0) is 15.8. The minimum Gasteiger partial charge on any atom is -0.393 e. The van der Waals surface area contributed by atoms with Crippen LogP contribution in [-0.2, 0) is 0 Å². The van der Waals surface area contributed by atoms with Gasteiger partial charge in [0.2, 0.25) is 0 Å². The predicted molar refractivity (Wildman–Crippen MR) is 85.7 cm³/mol. The summed E-state index contributed by atoms with van der Waals surface area (Å²) in [6.07, 6.45) is 9.68. The lowest BCUT2D eigenvalue weighted by atomic mass is 9.47. The van der Waals surface area contributed by atoms with Gasteiger partial charge in [0, 0.05) is 5.41 Å². The van der Waals surface area contributed by atoms with Crippen LogP contribution in [0.25, 0.3) is 0 Å². The molecule has 0 aromatic rings. The lowest BCUT2D eigenvalue weighted by Gasteiger charge is -2.58. The van der Waals surface area contributed by atoms with Gasteiger partial charge in [-0.2, -0.15) is 0 Å². The number of aliphatic hydroxyl groups excluding tert-OH is 1. The van der Waals surface area contributed by atoms with Crippen molar-refractivity contribution in [3.63, 3.8) is 0 Å². The van der Waals surface area contributed by atoms with Gasteiger partial charge in [-0.05, 0) is 74.5 Å². The van der Waals surface area contributed by atoms with Gasteiger partial charge in [-0.25, -0.2) is 4.39 Å². The summed E-state index contributed by atoms with van der Waals surface area (Å²) in [7, 11) is 0. The molecule has 3 N–H and O–H groups in total. The summed E-state index contributed by atoms with van der Waals surface area (Å²) in [6, 6.07) is 0. The minimum atomic E-state index is -1.48. The molecule has 4 aliphatic rings. The van der Waals surface area contributed by atoms with Crippen molar-refractivity contribution in [1.29, 1.82) is 0 Å². The molecule has 0 bridgehead atoms. The van der Waals surface area contributed by atoms with E-state index in [1.807, 2.05) is 0 Å². The Bertz CT molecular complexity index is 516. The first-order valence-corrected chi connectivity index (χ1v) is 9.13. The molecule has 3 saturated carbocycles. The molecular formula is C19H30FNO. The largest absolute Gasteiger partial charge is 0.393 e. The molecule has 4 rings (SSSR count). The van der Waals surface area contributed by atoms with Gasteiger partial charge in [0.05, 0.1) is 6.10 Å². The zero-order valence-electron chi connectivity index (χ0n) is 13.9. The number of alkyl halides is 1. The van der Waals surface area contributed by atoms with Gasteiger partial charge in [0.15, 0.2) is 5.79 Å². The second-order valence-electron chi connectivity index (χ2n) is 9.01. The van der Waals surface area contributed by atoms with Crippen LogP contribution in [0.5, 0.6) is 0 Å². The monoisotopic (exact) mass is 307 g/mol. The Balaban J connectivity index is 1.69. The molecule has 0 radical (unpaired) electrons. The Morgan fingerprint density at radius 1 is 1.14 bits per heavy atom. The summed E-state index contributed by atoms with van der Waals surface area (Å²) in [5.41, 5.74) is 7.44. The molecule has 3 fully saturated rings. The van der Waals surface area contributed by atoms with Gasteiger partial charge in [0.1, 0.15) is 0 Å². The van der Waals surface area contributed by atoms with E-state index in [0.717, 1.165) is 44.9 Å². The quantitative estimate of drug-likeness (QED) is 0.526. The highest BCUT2D eigenvalue weighted by Crippen LogP contribution is 2.66. The Morgan fingerprint density at radius 3 is 2.64 bits per heavy atom. The molecule has 0 amide bonds. The summed E-state index contributed by atoms with van der Waals surface area (Å²) in [5.74, 6) is 0.203. The summed E-state index contributed by atoms with van der Waals surface area (Å²) in [5, 5.41) is 10.0. The number of hydrogen-bond acceptors (Lipinski definition) is 2. The number of allylic oxidation sites excluding steroid dienone is 1. The molecule has 7 atom stereocenters. The average Bonchev–Trinajstić information content (AvgIpc) is 2.70. The van der Waals surface area contributed by atoms with Crippen LogP contribution in [0.1, 0.15) is 65.2 Å². The first-order chi connectivity index (χ1) is 10.3. The summed E-state index contributed by atoms with van der Waals surface area (Å²) in [4.78, 5) is 0. The van der Waals surface area contributed by atoms with E-state index in [4.69, 9.17) is 5.73 Å². The summed E-state index contributed by atoms with van der Waals surface area (Å²) in [6.45, 7) is 4.51. The molecule has 0 spiro atoms. The van der Waals surface area contributed by atoms with Gasteiger partial charge >= 0.3 is 0 Å². The second kappa shape index (κ2) is 4.57. The maximum atomic E-state index is 14.9. The van der Waals surface area contributed by atoms with E-state index < -0.39 is 5.79 Å². The fourth-order valence-corrected chi connectivity index (χ4v) is 6.66. The van der Waals surface area contributed by atoms with Crippen molar-refractivity contribution in [2.75, 3.05) is 0 Å². The maximum absolute atomic E-state index is 14.9. The zero-order valence-corrected chi connectivity index (χ0v) is 13.9. The molecule has 124 valence electrons. The molecule has 0 aromatic carbocycles. The van der Waals surface area contributed by atoms with Crippen LogP contribution >= 0.6 is 0 Å². The topological polar surface area (TPSA) is 46.2 Å². The number of aliphatic hydroxyl groups is 1. The van der Waals surface area contributed by atoms with E-state index in [9.17, 15) is 9.50 Å². The van der Waals surface area contributed by atoms with Crippen molar-refractivity contribution in [2.45, 2.75) is 77.1 Å². The number of nitrogens with two attached hydrogens (primary N) is 1. The number of hydrogen-bond donors (Lipinski definition) is 2. The van der Waals surface area contributed by atoms with E-state index in [0.29, 0.717) is 24.2 Å². The number of halogens is 1. The van der Waals surface area contributed by atoms with Gasteiger partial charge in [-0.1, -0.05) is 25.5 Å². The molecule has 2 nitrogen and oxygen atoms in total. The molecule has 22 heavy (non-hydrogen) atoms. The Kier molecular flexibility index (Phi) is 3.14. The second-order valence-corrected chi connectivity index (χ2v) is 9.01. The molecule has 0 saturated heterocycles. The van der Waals surface area contributed by atoms with E-state index >= 15 is 0 Å². The third-order valence-corrected chi connectivity index (χ3v) is 8.24. The Labute approximate surface area is 133 Å².